The van der Waals surface area contributed by atoms with Gasteiger partial charge in [0, 0.05) is 16.2 Å². The molecule has 2 aromatic rings. The van der Waals surface area contributed by atoms with E-state index in [0.717, 1.165) is 6.07 Å². The average Bonchev–Trinajstić information content (AvgIpc) is 2.72. The second-order valence-corrected chi connectivity index (χ2v) is 5.32. The maximum atomic E-state index is 13.2. The normalized spacial score (nSPS) is 10.6. The summed E-state index contributed by atoms with van der Waals surface area (Å²) in [6, 6.07) is 3.48. The number of rotatable bonds is 3. The van der Waals surface area contributed by atoms with Gasteiger partial charge in [-0.15, -0.1) is 0 Å². The molecule has 1 aromatic heterocycles. The van der Waals surface area contributed by atoms with Crippen LogP contribution < -0.4 is 0 Å². The molecule has 7 heteroatoms. The molecule has 0 spiro atoms. The van der Waals surface area contributed by atoms with Gasteiger partial charge in [0.25, 0.3) is 0 Å². The van der Waals surface area contributed by atoms with E-state index in [-0.39, 0.29) is 32.2 Å². The highest BCUT2D eigenvalue weighted by Gasteiger charge is 2.19. The van der Waals surface area contributed by atoms with Crippen molar-refractivity contribution >= 4 is 39.3 Å². The number of carbonyl (C=O) groups excluding carboxylic acids is 1. The van der Waals surface area contributed by atoms with Crippen LogP contribution in [0.2, 0.25) is 5.02 Å². The van der Waals surface area contributed by atoms with E-state index in [2.05, 4.69) is 15.9 Å². The molecular formula is C13H8BrClFNO3. The average molecular weight is 361 g/mol. The van der Waals surface area contributed by atoms with E-state index in [0.29, 0.717) is 0 Å². The third kappa shape index (κ3) is 2.62. The van der Waals surface area contributed by atoms with Crippen molar-refractivity contribution in [2.75, 3.05) is 0 Å². The summed E-state index contributed by atoms with van der Waals surface area (Å²) >= 11 is 9.11. The molecule has 20 heavy (non-hydrogen) atoms. The largest absolute Gasteiger partial charge is 0.477 e. The molecular weight excluding hydrogens is 353 g/mol. The van der Waals surface area contributed by atoms with E-state index in [9.17, 15) is 19.1 Å². The van der Waals surface area contributed by atoms with Crippen LogP contribution in [-0.4, -0.2) is 21.4 Å². The first kappa shape index (κ1) is 14.7. The summed E-state index contributed by atoms with van der Waals surface area (Å²) in [4.78, 5) is 22.6. The molecule has 0 aliphatic carbocycles. The highest BCUT2D eigenvalue weighted by molar-refractivity contribution is 9.10. The van der Waals surface area contributed by atoms with Gasteiger partial charge in [-0.1, -0.05) is 11.6 Å². The van der Waals surface area contributed by atoms with Crippen molar-refractivity contribution < 1.29 is 19.1 Å². The minimum Gasteiger partial charge on any atom is -0.477 e. The summed E-state index contributed by atoms with van der Waals surface area (Å²) in [5, 5.41) is 9.23. The Morgan fingerprint density at radius 3 is 2.50 bits per heavy atom. The minimum atomic E-state index is -1.22. The molecule has 1 heterocycles. The molecule has 0 aliphatic heterocycles. The van der Waals surface area contributed by atoms with Gasteiger partial charge in [0.15, 0.2) is 5.78 Å². The predicted octanol–water partition coefficient (Wildman–Crippen LogP) is 3.93. The van der Waals surface area contributed by atoms with Crippen LogP contribution in [0.1, 0.15) is 27.8 Å². The predicted molar refractivity (Wildman–Crippen MR) is 75.4 cm³/mol. The van der Waals surface area contributed by atoms with Crippen molar-refractivity contribution in [2.45, 2.75) is 6.92 Å². The number of carboxylic acids is 1. The second kappa shape index (κ2) is 5.38. The fourth-order valence-corrected chi connectivity index (χ4v) is 2.80. The molecule has 0 radical (unpaired) electrons. The molecule has 0 bridgehead atoms. The zero-order valence-corrected chi connectivity index (χ0v) is 12.5. The van der Waals surface area contributed by atoms with E-state index < -0.39 is 11.8 Å². The van der Waals surface area contributed by atoms with Crippen LogP contribution >= 0.6 is 27.5 Å². The molecule has 0 unspecified atom stereocenters. The van der Waals surface area contributed by atoms with Crippen LogP contribution in [0.25, 0.3) is 5.69 Å². The van der Waals surface area contributed by atoms with Crippen LogP contribution in [-0.2, 0) is 0 Å². The number of carboxylic acid groups (broad SMARTS) is 1. The molecule has 4 nitrogen and oxygen atoms in total. The molecule has 0 saturated carbocycles. The Bertz CT molecular complexity index is 703. The van der Waals surface area contributed by atoms with Crippen molar-refractivity contribution in [3.05, 3.63) is 51.0 Å². The van der Waals surface area contributed by atoms with Crippen LogP contribution in [0.15, 0.2) is 28.9 Å². The molecule has 0 atom stereocenters. The number of aromatic nitrogens is 1. The third-order valence-electron chi connectivity index (χ3n) is 2.67. The smallest absolute Gasteiger partial charge is 0.352 e. The number of nitrogens with zero attached hydrogens (tertiary/aromatic N) is 1. The van der Waals surface area contributed by atoms with E-state index in [1.165, 1.54) is 29.8 Å². The van der Waals surface area contributed by atoms with Crippen LogP contribution in [0, 0.1) is 5.82 Å². The van der Waals surface area contributed by atoms with Gasteiger partial charge in [-0.3, -0.25) is 4.79 Å². The first-order chi connectivity index (χ1) is 9.31. The number of hydrogen-bond donors (Lipinski definition) is 1. The molecule has 2 rings (SSSR count). The first-order valence-corrected chi connectivity index (χ1v) is 6.60. The number of Topliss-reactive ketones (excluding diaryl/α,β-unsaturated/α-hetero) is 1. The van der Waals surface area contributed by atoms with Gasteiger partial charge in [-0.2, -0.15) is 0 Å². The van der Waals surface area contributed by atoms with E-state index in [4.69, 9.17) is 11.6 Å². The summed E-state index contributed by atoms with van der Waals surface area (Å²) in [6.45, 7) is 1.33. The summed E-state index contributed by atoms with van der Waals surface area (Å²) in [7, 11) is 0. The van der Waals surface area contributed by atoms with Gasteiger partial charge in [-0.25, -0.2) is 9.18 Å². The number of aromatic carboxylic acids is 1. The van der Waals surface area contributed by atoms with Crippen molar-refractivity contribution in [2.24, 2.45) is 0 Å². The number of ketones is 1. The molecule has 0 fully saturated rings. The standard InChI is InChI=1S/C13H8BrClFNO3/c1-6(18)7-2-11(13(19)20)17(5-7)12-9(14)3-8(16)4-10(12)15/h2-5H,1H3,(H,19,20). The Labute approximate surface area is 126 Å². The maximum Gasteiger partial charge on any atom is 0.352 e. The summed E-state index contributed by atoms with van der Waals surface area (Å²) < 4.78 is 14.8. The topological polar surface area (TPSA) is 59.3 Å². The Kier molecular flexibility index (Phi) is 3.96. The quantitative estimate of drug-likeness (QED) is 0.844. The van der Waals surface area contributed by atoms with Crippen molar-refractivity contribution in [3.8, 4) is 5.69 Å². The molecule has 104 valence electrons. The first-order valence-electron chi connectivity index (χ1n) is 5.42. The highest BCUT2D eigenvalue weighted by atomic mass is 79.9. The van der Waals surface area contributed by atoms with Gasteiger partial charge < -0.3 is 9.67 Å². The SMILES string of the molecule is CC(=O)c1cc(C(=O)O)n(-c2c(Cl)cc(F)cc2Br)c1. The maximum absolute atomic E-state index is 13.2. The van der Waals surface area contributed by atoms with E-state index in [1.54, 1.807) is 0 Å². The van der Waals surface area contributed by atoms with Gasteiger partial charge in [0.05, 0.1) is 10.7 Å². The summed E-state index contributed by atoms with van der Waals surface area (Å²) in [5.41, 5.74) is 0.358. The molecule has 1 aromatic carbocycles. The van der Waals surface area contributed by atoms with Gasteiger partial charge in [0.1, 0.15) is 11.5 Å². The summed E-state index contributed by atoms with van der Waals surface area (Å²) in [6.07, 6.45) is 1.36. The van der Waals surface area contributed by atoms with Gasteiger partial charge in [-0.05, 0) is 41.1 Å². The van der Waals surface area contributed by atoms with Crippen LogP contribution in [0.5, 0.6) is 0 Å². The number of benzene rings is 1. The Morgan fingerprint density at radius 2 is 2.00 bits per heavy atom. The van der Waals surface area contributed by atoms with Crippen LogP contribution in [0.3, 0.4) is 0 Å². The fraction of sp³-hybridized carbons (Fsp3) is 0.0769. The van der Waals surface area contributed by atoms with Gasteiger partial charge >= 0.3 is 5.97 Å². The van der Waals surface area contributed by atoms with Gasteiger partial charge in [0.2, 0.25) is 0 Å². The fourth-order valence-electron chi connectivity index (χ4n) is 1.77. The molecule has 0 aliphatic rings. The lowest BCUT2D eigenvalue weighted by Crippen LogP contribution is -2.07. The lowest BCUT2D eigenvalue weighted by Gasteiger charge is -2.11. The Balaban J connectivity index is 2.75. The lowest BCUT2D eigenvalue weighted by molar-refractivity contribution is 0.0688. The number of hydrogen-bond acceptors (Lipinski definition) is 2. The second-order valence-electron chi connectivity index (χ2n) is 4.06. The van der Waals surface area contributed by atoms with E-state index >= 15 is 0 Å². The number of carbonyl (C=O) groups is 2. The monoisotopic (exact) mass is 359 g/mol. The zero-order chi connectivity index (χ0) is 15.0. The zero-order valence-electron chi connectivity index (χ0n) is 10.2. The third-order valence-corrected chi connectivity index (χ3v) is 3.56. The lowest BCUT2D eigenvalue weighted by atomic mass is 10.2. The summed E-state index contributed by atoms with van der Waals surface area (Å²) in [5.74, 6) is -2.05. The molecule has 1 N–H and O–H groups in total. The van der Waals surface area contributed by atoms with Crippen molar-refractivity contribution in [3.63, 3.8) is 0 Å². The van der Waals surface area contributed by atoms with E-state index in [1.807, 2.05) is 0 Å². The highest BCUT2D eigenvalue weighted by Crippen LogP contribution is 2.32. The Hall–Kier alpha value is -1.66. The Morgan fingerprint density at radius 1 is 1.35 bits per heavy atom. The molecule has 0 saturated heterocycles. The van der Waals surface area contributed by atoms with Crippen LogP contribution in [0.4, 0.5) is 4.39 Å². The number of halogens is 3. The molecule has 0 amide bonds. The van der Waals surface area contributed by atoms with Crippen molar-refractivity contribution in [1.82, 2.24) is 4.57 Å². The minimum absolute atomic E-state index is 0.0325. The van der Waals surface area contributed by atoms with Crippen molar-refractivity contribution in [1.29, 1.82) is 0 Å².